The highest BCUT2D eigenvalue weighted by Crippen LogP contribution is 2.50. The summed E-state index contributed by atoms with van der Waals surface area (Å²) in [5.74, 6) is 1.86. The highest BCUT2D eigenvalue weighted by atomic mass is 16.5. The summed E-state index contributed by atoms with van der Waals surface area (Å²) >= 11 is 0. The van der Waals surface area contributed by atoms with Gasteiger partial charge in [-0.05, 0) is 48.7 Å². The first-order valence-corrected chi connectivity index (χ1v) is 9.33. The first kappa shape index (κ1) is 18.2. The van der Waals surface area contributed by atoms with Gasteiger partial charge < -0.3 is 24.5 Å². The Morgan fingerprint density at radius 2 is 1.89 bits per heavy atom. The van der Waals surface area contributed by atoms with Gasteiger partial charge in [-0.2, -0.15) is 0 Å². The van der Waals surface area contributed by atoms with Gasteiger partial charge >= 0.3 is 0 Å². The lowest BCUT2D eigenvalue weighted by Crippen LogP contribution is -2.35. The van der Waals surface area contributed by atoms with E-state index in [1.165, 1.54) is 5.56 Å². The number of fused-ring (bicyclic) bond motifs is 1. The normalized spacial score (nSPS) is 14.5. The van der Waals surface area contributed by atoms with Crippen molar-refractivity contribution in [3.05, 3.63) is 54.2 Å². The van der Waals surface area contributed by atoms with E-state index in [2.05, 4.69) is 16.5 Å². The predicted molar refractivity (Wildman–Crippen MR) is 107 cm³/mol. The summed E-state index contributed by atoms with van der Waals surface area (Å²) in [6.45, 7) is 0.545. The number of amides is 1. The molecule has 1 fully saturated rings. The second-order valence-electron chi connectivity index (χ2n) is 7.11. The molecule has 0 saturated heterocycles. The molecule has 146 valence electrons. The Morgan fingerprint density at radius 3 is 2.61 bits per heavy atom. The molecule has 1 saturated carbocycles. The van der Waals surface area contributed by atoms with Crippen LogP contribution < -0.4 is 19.5 Å². The largest absolute Gasteiger partial charge is 0.497 e. The number of benzene rings is 2. The minimum absolute atomic E-state index is 0.0231. The maximum atomic E-state index is 12.3. The van der Waals surface area contributed by atoms with Crippen LogP contribution in [0.1, 0.15) is 18.4 Å². The zero-order valence-electron chi connectivity index (χ0n) is 16.1. The van der Waals surface area contributed by atoms with Gasteiger partial charge in [0.2, 0.25) is 0 Å². The van der Waals surface area contributed by atoms with Gasteiger partial charge in [0, 0.05) is 29.1 Å². The number of aromatic nitrogens is 1. The lowest BCUT2D eigenvalue weighted by Gasteiger charge is -2.16. The summed E-state index contributed by atoms with van der Waals surface area (Å²) in [5, 5.41) is 4.17. The summed E-state index contributed by atoms with van der Waals surface area (Å²) in [5.41, 5.74) is 2.28. The molecule has 28 heavy (non-hydrogen) atoms. The van der Waals surface area contributed by atoms with E-state index in [1.807, 2.05) is 30.3 Å². The number of H-pyrrole nitrogens is 1. The molecule has 1 amide bonds. The fourth-order valence-electron chi connectivity index (χ4n) is 3.56. The lowest BCUT2D eigenvalue weighted by molar-refractivity contribution is -0.123. The minimum atomic E-state index is -0.144. The van der Waals surface area contributed by atoms with Gasteiger partial charge in [0.1, 0.15) is 5.75 Å². The molecule has 1 aromatic heterocycles. The predicted octanol–water partition coefficient (Wildman–Crippen LogP) is 3.41. The van der Waals surface area contributed by atoms with Crippen LogP contribution in [0.2, 0.25) is 0 Å². The minimum Gasteiger partial charge on any atom is -0.497 e. The molecule has 4 rings (SSSR count). The van der Waals surface area contributed by atoms with Gasteiger partial charge in [-0.25, -0.2) is 0 Å². The average molecular weight is 380 g/mol. The number of carbonyl (C=O) groups is 1. The molecule has 6 nitrogen and oxygen atoms in total. The summed E-state index contributed by atoms with van der Waals surface area (Å²) in [6, 6.07) is 13.3. The fourth-order valence-corrected chi connectivity index (χ4v) is 3.56. The van der Waals surface area contributed by atoms with Crippen LogP contribution in [0.5, 0.6) is 17.2 Å². The highest BCUT2D eigenvalue weighted by molar-refractivity contribution is 5.86. The summed E-state index contributed by atoms with van der Waals surface area (Å²) < 4.78 is 16.2. The van der Waals surface area contributed by atoms with Crippen molar-refractivity contribution < 1.29 is 19.0 Å². The molecule has 0 aliphatic heterocycles. The topological polar surface area (TPSA) is 72.6 Å². The van der Waals surface area contributed by atoms with Crippen LogP contribution in [0.4, 0.5) is 0 Å². The van der Waals surface area contributed by atoms with Crippen LogP contribution in [0.3, 0.4) is 0 Å². The van der Waals surface area contributed by atoms with Gasteiger partial charge in [0.15, 0.2) is 18.1 Å². The van der Waals surface area contributed by atoms with E-state index in [0.29, 0.717) is 18.0 Å². The molecule has 0 radical (unpaired) electrons. The highest BCUT2D eigenvalue weighted by Gasteiger charge is 2.45. The average Bonchev–Trinajstić information content (AvgIpc) is 3.41. The molecular weight excluding hydrogens is 356 g/mol. The molecule has 6 heteroatoms. The molecule has 2 aromatic carbocycles. The third kappa shape index (κ3) is 3.50. The van der Waals surface area contributed by atoms with Gasteiger partial charge in [-0.1, -0.05) is 12.1 Å². The van der Waals surface area contributed by atoms with Gasteiger partial charge in [-0.3, -0.25) is 4.79 Å². The Labute approximate surface area is 163 Å². The van der Waals surface area contributed by atoms with Crippen molar-refractivity contribution in [1.29, 1.82) is 0 Å². The fraction of sp³-hybridized carbons (Fsp3) is 0.318. The van der Waals surface area contributed by atoms with E-state index >= 15 is 0 Å². The van der Waals surface area contributed by atoms with E-state index in [9.17, 15) is 4.79 Å². The van der Waals surface area contributed by atoms with E-state index < -0.39 is 0 Å². The van der Waals surface area contributed by atoms with Crippen molar-refractivity contribution in [1.82, 2.24) is 10.3 Å². The maximum Gasteiger partial charge on any atom is 0.257 e. The second-order valence-corrected chi connectivity index (χ2v) is 7.11. The number of ether oxygens (including phenoxy) is 3. The van der Waals surface area contributed by atoms with Crippen molar-refractivity contribution in [3.8, 4) is 17.2 Å². The zero-order valence-corrected chi connectivity index (χ0v) is 16.1. The Balaban J connectivity index is 1.40. The van der Waals surface area contributed by atoms with Crippen molar-refractivity contribution in [3.63, 3.8) is 0 Å². The van der Waals surface area contributed by atoms with Crippen molar-refractivity contribution in [2.24, 2.45) is 0 Å². The molecule has 3 aromatic rings. The first-order chi connectivity index (χ1) is 13.6. The van der Waals surface area contributed by atoms with Gasteiger partial charge in [0.25, 0.3) is 5.91 Å². The van der Waals surface area contributed by atoms with Crippen LogP contribution >= 0.6 is 0 Å². The third-order valence-corrected chi connectivity index (χ3v) is 5.37. The lowest BCUT2D eigenvalue weighted by atomic mass is 9.95. The quantitative estimate of drug-likeness (QED) is 0.628. The summed E-state index contributed by atoms with van der Waals surface area (Å²) in [7, 11) is 3.25. The molecule has 0 spiro atoms. The molecular formula is C22H24N2O4. The van der Waals surface area contributed by atoms with Crippen molar-refractivity contribution in [2.75, 3.05) is 27.4 Å². The van der Waals surface area contributed by atoms with Gasteiger partial charge in [0.05, 0.1) is 14.2 Å². The molecule has 0 bridgehead atoms. The number of nitrogens with one attached hydrogen (secondary N) is 2. The molecule has 0 atom stereocenters. The van der Waals surface area contributed by atoms with E-state index in [-0.39, 0.29) is 17.9 Å². The SMILES string of the molecule is COc1ccc2[nH]cc(C3(CNC(=O)COc4ccccc4OC)CC3)c2c1. The van der Waals surface area contributed by atoms with E-state index in [4.69, 9.17) is 14.2 Å². The monoisotopic (exact) mass is 380 g/mol. The molecule has 1 aliphatic carbocycles. The zero-order chi connectivity index (χ0) is 19.6. The number of carbonyl (C=O) groups excluding carboxylic acids is 1. The standard InChI is InChI=1S/C22H24N2O4/c1-26-15-7-8-18-16(11-15)17(12-23-18)22(9-10-22)14-24-21(25)13-28-20-6-4-3-5-19(20)27-2/h3-8,11-12,23H,9-10,13-14H2,1-2H3,(H,24,25). The smallest absolute Gasteiger partial charge is 0.257 e. The Morgan fingerprint density at radius 1 is 1.11 bits per heavy atom. The van der Waals surface area contributed by atoms with Crippen LogP contribution in [0, 0.1) is 0 Å². The van der Waals surface area contributed by atoms with E-state index in [0.717, 1.165) is 29.5 Å². The summed E-state index contributed by atoms with van der Waals surface area (Å²) in [4.78, 5) is 15.6. The Hall–Kier alpha value is -3.15. The molecule has 2 N–H and O–H groups in total. The number of hydrogen-bond donors (Lipinski definition) is 2. The van der Waals surface area contributed by atoms with Crippen LogP contribution in [-0.4, -0.2) is 38.3 Å². The third-order valence-electron chi connectivity index (χ3n) is 5.37. The second kappa shape index (κ2) is 7.46. The number of aromatic amines is 1. The number of para-hydroxylation sites is 2. The Bertz CT molecular complexity index is 991. The summed E-state index contributed by atoms with van der Waals surface area (Å²) in [6.07, 6.45) is 4.14. The maximum absolute atomic E-state index is 12.3. The van der Waals surface area contributed by atoms with Crippen molar-refractivity contribution >= 4 is 16.8 Å². The van der Waals surface area contributed by atoms with Crippen molar-refractivity contribution in [2.45, 2.75) is 18.3 Å². The van der Waals surface area contributed by atoms with E-state index in [1.54, 1.807) is 26.4 Å². The van der Waals surface area contributed by atoms with Crippen LogP contribution in [0.25, 0.3) is 10.9 Å². The van der Waals surface area contributed by atoms with Crippen LogP contribution in [-0.2, 0) is 10.2 Å². The number of methoxy groups -OCH3 is 2. The number of hydrogen-bond acceptors (Lipinski definition) is 4. The van der Waals surface area contributed by atoms with Crippen LogP contribution in [0.15, 0.2) is 48.7 Å². The molecule has 1 heterocycles. The molecule has 1 aliphatic rings. The first-order valence-electron chi connectivity index (χ1n) is 9.33. The van der Waals surface area contributed by atoms with Gasteiger partial charge in [-0.15, -0.1) is 0 Å². The Kier molecular flexibility index (Phi) is 4.86. The number of rotatable bonds is 8. The molecule has 0 unspecified atom stereocenters.